The second-order valence-electron chi connectivity index (χ2n) is 16.6. The van der Waals surface area contributed by atoms with Gasteiger partial charge in [0, 0.05) is 15.7 Å². The first-order valence-electron chi connectivity index (χ1n) is 17.2. The van der Waals surface area contributed by atoms with Gasteiger partial charge in [0.25, 0.3) is 0 Å². The van der Waals surface area contributed by atoms with E-state index in [1.807, 2.05) is 0 Å². The van der Waals surface area contributed by atoms with Gasteiger partial charge in [-0.05, 0) is 123 Å². The SMILES string of the molecule is CC(C)(C)c1ccc(N(c2ccc(C(C)(C)C)cc2-c2ccc3ccc4cccc5ccc2c3c45)c2cc(C(C)(C)C)cc(Br)c2Cl)cc1. The Hall–Kier alpha value is -3.85. The summed E-state index contributed by atoms with van der Waals surface area (Å²) in [5.41, 5.74) is 9.22. The highest BCUT2D eigenvalue weighted by Crippen LogP contribution is 2.50. The van der Waals surface area contributed by atoms with Crippen molar-refractivity contribution >= 4 is 76.9 Å². The zero-order valence-electron chi connectivity index (χ0n) is 30.1. The van der Waals surface area contributed by atoms with E-state index in [0.717, 1.165) is 21.5 Å². The molecule has 0 saturated heterocycles. The van der Waals surface area contributed by atoms with E-state index >= 15 is 0 Å². The quantitative estimate of drug-likeness (QED) is 0.163. The maximum atomic E-state index is 7.33. The molecule has 3 heteroatoms. The Balaban J connectivity index is 1.58. The van der Waals surface area contributed by atoms with E-state index in [4.69, 9.17) is 11.6 Å². The zero-order valence-corrected chi connectivity index (χ0v) is 32.4. The van der Waals surface area contributed by atoms with Gasteiger partial charge in [-0.1, -0.05) is 147 Å². The summed E-state index contributed by atoms with van der Waals surface area (Å²) in [5.74, 6) is 0. The van der Waals surface area contributed by atoms with Crippen LogP contribution in [0, 0.1) is 0 Å². The highest BCUT2D eigenvalue weighted by molar-refractivity contribution is 9.10. The summed E-state index contributed by atoms with van der Waals surface area (Å²) in [5, 5.41) is 8.39. The van der Waals surface area contributed by atoms with Crippen molar-refractivity contribution in [2.75, 3.05) is 4.90 Å². The molecule has 0 aliphatic heterocycles. The van der Waals surface area contributed by atoms with E-state index in [1.165, 1.54) is 60.1 Å². The Bertz CT molecular complexity index is 2330. The standard InChI is InChI=1S/C46H45BrClN/c1-44(2,3)31-17-20-34(21-18-31)49(40-27-33(46(7,8)9)26-38(47)43(40)48)39-24-19-32(45(4,5)6)25-37(39)35-22-15-30-14-13-28-11-10-12-29-16-23-36(35)42(30)41(28)29/h10-27H,1-9H3. The minimum Gasteiger partial charge on any atom is -0.308 e. The molecule has 0 aliphatic rings. The van der Waals surface area contributed by atoms with Crippen LogP contribution in [0.1, 0.15) is 79.0 Å². The van der Waals surface area contributed by atoms with Gasteiger partial charge in [0.1, 0.15) is 0 Å². The third-order valence-electron chi connectivity index (χ3n) is 10.0. The average molecular weight is 727 g/mol. The highest BCUT2D eigenvalue weighted by atomic mass is 79.9. The number of halogens is 2. The molecule has 0 amide bonds. The molecule has 0 aromatic heterocycles. The van der Waals surface area contributed by atoms with Gasteiger partial charge in [-0.3, -0.25) is 0 Å². The molecule has 1 nitrogen and oxygen atoms in total. The number of hydrogen-bond acceptors (Lipinski definition) is 1. The Morgan fingerprint density at radius 3 is 1.65 bits per heavy atom. The van der Waals surface area contributed by atoms with Crippen LogP contribution in [0.25, 0.3) is 43.4 Å². The largest absolute Gasteiger partial charge is 0.308 e. The summed E-state index contributed by atoms with van der Waals surface area (Å²) >= 11 is 11.2. The third-order valence-corrected chi connectivity index (χ3v) is 11.3. The van der Waals surface area contributed by atoms with E-state index in [0.29, 0.717) is 5.02 Å². The molecule has 0 fully saturated rings. The van der Waals surface area contributed by atoms with Crippen molar-refractivity contribution in [2.45, 2.75) is 78.6 Å². The molecule has 0 N–H and O–H groups in total. The van der Waals surface area contributed by atoms with E-state index in [-0.39, 0.29) is 16.2 Å². The van der Waals surface area contributed by atoms with Crippen LogP contribution in [0.15, 0.2) is 114 Å². The normalized spacial score (nSPS) is 12.8. The van der Waals surface area contributed by atoms with Gasteiger partial charge in [-0.15, -0.1) is 0 Å². The van der Waals surface area contributed by atoms with Crippen molar-refractivity contribution in [1.29, 1.82) is 0 Å². The van der Waals surface area contributed by atoms with Gasteiger partial charge in [-0.25, -0.2) is 0 Å². The lowest BCUT2D eigenvalue weighted by atomic mass is 9.83. The molecule has 7 aromatic carbocycles. The van der Waals surface area contributed by atoms with Crippen molar-refractivity contribution < 1.29 is 0 Å². The number of benzene rings is 7. The van der Waals surface area contributed by atoms with Crippen molar-refractivity contribution in [1.82, 2.24) is 0 Å². The van der Waals surface area contributed by atoms with Crippen LogP contribution in [0.5, 0.6) is 0 Å². The molecule has 7 aromatic rings. The summed E-state index contributed by atoms with van der Waals surface area (Å²) in [7, 11) is 0. The van der Waals surface area contributed by atoms with Crippen LogP contribution in [-0.4, -0.2) is 0 Å². The fraction of sp³-hybridized carbons (Fsp3) is 0.261. The summed E-state index contributed by atoms with van der Waals surface area (Å²) in [6.07, 6.45) is 0. The van der Waals surface area contributed by atoms with E-state index in [9.17, 15) is 0 Å². The van der Waals surface area contributed by atoms with Crippen LogP contribution in [0.3, 0.4) is 0 Å². The molecule has 0 unspecified atom stereocenters. The highest BCUT2D eigenvalue weighted by Gasteiger charge is 2.27. The molecule has 0 spiro atoms. The first-order valence-corrected chi connectivity index (χ1v) is 18.4. The molecule has 0 atom stereocenters. The van der Waals surface area contributed by atoms with Gasteiger partial charge < -0.3 is 4.90 Å². The molecule has 0 radical (unpaired) electrons. The van der Waals surface area contributed by atoms with Crippen LogP contribution in [-0.2, 0) is 16.2 Å². The maximum absolute atomic E-state index is 7.33. The van der Waals surface area contributed by atoms with E-state index < -0.39 is 0 Å². The lowest BCUT2D eigenvalue weighted by Crippen LogP contribution is -2.17. The molecule has 0 saturated carbocycles. The molecule has 49 heavy (non-hydrogen) atoms. The molecule has 0 bridgehead atoms. The number of hydrogen-bond donors (Lipinski definition) is 0. The minimum atomic E-state index is -0.0748. The van der Waals surface area contributed by atoms with Crippen LogP contribution in [0.4, 0.5) is 17.1 Å². The Morgan fingerprint density at radius 2 is 1.04 bits per heavy atom. The monoisotopic (exact) mass is 725 g/mol. The Labute approximate surface area is 305 Å². The fourth-order valence-electron chi connectivity index (χ4n) is 7.07. The second-order valence-corrected chi connectivity index (χ2v) is 17.9. The van der Waals surface area contributed by atoms with Gasteiger partial charge in [-0.2, -0.15) is 0 Å². The number of anilines is 3. The van der Waals surface area contributed by atoms with Gasteiger partial charge in [0.2, 0.25) is 0 Å². The second kappa shape index (κ2) is 11.9. The van der Waals surface area contributed by atoms with Crippen molar-refractivity contribution in [3.63, 3.8) is 0 Å². The van der Waals surface area contributed by atoms with Crippen molar-refractivity contribution in [3.05, 3.63) is 135 Å². The zero-order chi connectivity index (χ0) is 35.0. The predicted molar refractivity (Wildman–Crippen MR) is 219 cm³/mol. The third kappa shape index (κ3) is 6.02. The number of rotatable bonds is 4. The van der Waals surface area contributed by atoms with Gasteiger partial charge in [0.05, 0.1) is 16.4 Å². The van der Waals surface area contributed by atoms with Crippen LogP contribution < -0.4 is 4.90 Å². The number of nitrogens with zero attached hydrogens (tertiary/aromatic N) is 1. The first-order chi connectivity index (χ1) is 23.0. The topological polar surface area (TPSA) is 3.24 Å². The summed E-state index contributed by atoms with van der Waals surface area (Å²) in [6.45, 7) is 20.4. The van der Waals surface area contributed by atoms with Crippen LogP contribution in [0.2, 0.25) is 5.02 Å². The Kier molecular flexibility index (Phi) is 8.16. The minimum absolute atomic E-state index is 0.0386. The molecule has 7 rings (SSSR count). The summed E-state index contributed by atoms with van der Waals surface area (Å²) < 4.78 is 0.892. The van der Waals surface area contributed by atoms with Crippen LogP contribution >= 0.6 is 27.5 Å². The maximum Gasteiger partial charge on any atom is 0.0788 e. The van der Waals surface area contributed by atoms with Crippen molar-refractivity contribution in [2.24, 2.45) is 0 Å². The summed E-state index contributed by atoms with van der Waals surface area (Å²) in [6, 6.07) is 40.8. The molecule has 248 valence electrons. The Morgan fingerprint density at radius 1 is 0.490 bits per heavy atom. The lowest BCUT2D eigenvalue weighted by Gasteiger charge is -2.33. The molecular formula is C46H45BrClN. The molecule has 0 heterocycles. The summed E-state index contributed by atoms with van der Waals surface area (Å²) in [4.78, 5) is 2.37. The smallest absolute Gasteiger partial charge is 0.0788 e. The van der Waals surface area contributed by atoms with E-state index in [1.54, 1.807) is 0 Å². The molecule has 0 aliphatic carbocycles. The average Bonchev–Trinajstić information content (AvgIpc) is 3.04. The lowest BCUT2D eigenvalue weighted by molar-refractivity contribution is 0.589. The first kappa shape index (κ1) is 33.6. The van der Waals surface area contributed by atoms with Gasteiger partial charge in [0.15, 0.2) is 0 Å². The fourth-order valence-corrected chi connectivity index (χ4v) is 7.72. The van der Waals surface area contributed by atoms with E-state index in [2.05, 4.69) is 192 Å². The molecular weight excluding hydrogens is 682 g/mol. The van der Waals surface area contributed by atoms with Gasteiger partial charge >= 0.3 is 0 Å². The predicted octanol–water partition coefficient (Wildman–Crippen LogP) is 15.0. The van der Waals surface area contributed by atoms with Crippen molar-refractivity contribution in [3.8, 4) is 11.1 Å².